The molecule has 0 N–H and O–H groups in total. The maximum Gasteiger partial charge on any atom is 0.332 e. The number of pyridine rings is 1. The Morgan fingerprint density at radius 2 is 1.92 bits per heavy atom. The molecule has 0 spiro atoms. The van der Waals surface area contributed by atoms with Crippen molar-refractivity contribution in [2.75, 3.05) is 32.5 Å². The Bertz CT molecular complexity index is 884. The van der Waals surface area contributed by atoms with Crippen molar-refractivity contribution >= 4 is 22.8 Å². The Kier molecular flexibility index (Phi) is 5.61. The number of methoxy groups -OCH3 is 1. The van der Waals surface area contributed by atoms with E-state index in [1.54, 1.807) is 32.1 Å². The molecule has 0 amide bonds. The highest BCUT2D eigenvalue weighted by Crippen LogP contribution is 2.28. The largest absolute Gasteiger partial charge is 0.380 e. The first kappa shape index (κ1) is 18.2. The van der Waals surface area contributed by atoms with Crippen LogP contribution in [-0.2, 0) is 25.4 Å². The fourth-order valence-electron chi connectivity index (χ4n) is 3.25. The molecule has 0 aliphatic carbocycles. The number of ether oxygens (including phenoxy) is 1. The van der Waals surface area contributed by atoms with Crippen molar-refractivity contribution in [1.82, 2.24) is 19.0 Å². The molecule has 2 aromatic heterocycles. The number of hydrogen-bond donors (Lipinski definition) is 0. The van der Waals surface area contributed by atoms with Crippen LogP contribution >= 0.6 is 11.8 Å². The third-order valence-corrected chi connectivity index (χ3v) is 5.79. The molecule has 1 saturated heterocycles. The molecule has 0 unspecified atom stereocenters. The molecule has 0 atom stereocenters. The van der Waals surface area contributed by atoms with Crippen molar-refractivity contribution in [2.45, 2.75) is 24.3 Å². The first-order valence-electron chi connectivity index (χ1n) is 8.46. The summed E-state index contributed by atoms with van der Waals surface area (Å²) in [6.45, 7) is 3.69. The summed E-state index contributed by atoms with van der Waals surface area (Å²) in [6.07, 6.45) is 4.24. The molecular weight excluding hydrogens is 340 g/mol. The van der Waals surface area contributed by atoms with Crippen LogP contribution in [0.5, 0.6) is 0 Å². The zero-order valence-electron chi connectivity index (χ0n) is 14.9. The Balaban J connectivity index is 2.04. The van der Waals surface area contributed by atoms with E-state index in [2.05, 4.69) is 9.88 Å². The molecule has 8 heteroatoms. The molecule has 0 saturated carbocycles. The maximum atomic E-state index is 12.7. The van der Waals surface area contributed by atoms with E-state index in [9.17, 15) is 9.59 Å². The number of aryl methyl sites for hydroxylation is 1. The van der Waals surface area contributed by atoms with Crippen molar-refractivity contribution in [1.29, 1.82) is 0 Å². The molecule has 3 rings (SSSR count). The number of nitrogens with zero attached hydrogens (tertiary/aromatic N) is 4. The molecule has 3 heterocycles. The molecule has 0 aromatic carbocycles. The van der Waals surface area contributed by atoms with Gasteiger partial charge in [-0.05, 0) is 25.9 Å². The molecule has 1 aliphatic rings. The van der Waals surface area contributed by atoms with Gasteiger partial charge in [-0.15, -0.1) is 11.8 Å². The van der Waals surface area contributed by atoms with Gasteiger partial charge in [0.2, 0.25) is 0 Å². The Labute approximate surface area is 150 Å². The molecule has 0 bridgehead atoms. The lowest BCUT2D eigenvalue weighted by Crippen LogP contribution is -2.37. The van der Waals surface area contributed by atoms with Gasteiger partial charge in [0.1, 0.15) is 5.65 Å². The van der Waals surface area contributed by atoms with E-state index in [1.807, 2.05) is 0 Å². The number of likely N-dealkylation sites (tertiary alicyclic amines) is 1. The summed E-state index contributed by atoms with van der Waals surface area (Å²) in [6, 6.07) is 0. The number of aromatic nitrogens is 3. The number of rotatable bonds is 6. The SMILES string of the molecule is COCc1cnc2c(c1SCCN1CCCC1)c(=O)n(C)c(=O)n2C. The van der Waals surface area contributed by atoms with Gasteiger partial charge in [-0.1, -0.05) is 0 Å². The van der Waals surface area contributed by atoms with Crippen LogP contribution < -0.4 is 11.2 Å². The van der Waals surface area contributed by atoms with Gasteiger partial charge in [0, 0.05) is 50.2 Å². The summed E-state index contributed by atoms with van der Waals surface area (Å²) in [5.74, 6) is 0.891. The predicted octanol–water partition coefficient (Wildman–Crippen LogP) is 0.967. The molecule has 25 heavy (non-hydrogen) atoms. The lowest BCUT2D eigenvalue weighted by Gasteiger charge is -2.16. The van der Waals surface area contributed by atoms with Gasteiger partial charge in [-0.3, -0.25) is 13.9 Å². The van der Waals surface area contributed by atoms with E-state index in [-0.39, 0.29) is 11.2 Å². The van der Waals surface area contributed by atoms with Crippen molar-refractivity contribution in [3.8, 4) is 0 Å². The van der Waals surface area contributed by atoms with Gasteiger partial charge in [-0.2, -0.15) is 0 Å². The Hall–Kier alpha value is -1.64. The van der Waals surface area contributed by atoms with Crippen LogP contribution in [-0.4, -0.2) is 51.5 Å². The third kappa shape index (κ3) is 3.51. The minimum absolute atomic E-state index is 0.299. The maximum absolute atomic E-state index is 12.7. The van der Waals surface area contributed by atoms with Gasteiger partial charge in [0.05, 0.1) is 12.0 Å². The first-order valence-corrected chi connectivity index (χ1v) is 9.45. The van der Waals surface area contributed by atoms with Crippen molar-refractivity contribution in [2.24, 2.45) is 14.1 Å². The van der Waals surface area contributed by atoms with E-state index in [1.165, 1.54) is 24.5 Å². The summed E-state index contributed by atoms with van der Waals surface area (Å²) in [5.41, 5.74) is 0.651. The monoisotopic (exact) mass is 364 g/mol. The van der Waals surface area contributed by atoms with Crippen LogP contribution in [0.25, 0.3) is 11.0 Å². The highest BCUT2D eigenvalue weighted by molar-refractivity contribution is 7.99. The summed E-state index contributed by atoms with van der Waals surface area (Å²) in [4.78, 5) is 32.6. The zero-order valence-corrected chi connectivity index (χ0v) is 15.8. The average molecular weight is 364 g/mol. The standard InChI is InChI=1S/C17H24N4O3S/c1-19-15-13(16(22)20(2)17(19)23)14(12(10-18-15)11-24-3)25-9-8-21-6-4-5-7-21/h10H,4-9,11H2,1-3H3. The van der Waals surface area contributed by atoms with E-state index in [0.29, 0.717) is 17.6 Å². The molecule has 1 aliphatic heterocycles. The minimum Gasteiger partial charge on any atom is -0.380 e. The normalized spacial score (nSPS) is 15.3. The van der Waals surface area contributed by atoms with E-state index < -0.39 is 0 Å². The van der Waals surface area contributed by atoms with E-state index >= 15 is 0 Å². The fraction of sp³-hybridized carbons (Fsp3) is 0.588. The second-order valence-electron chi connectivity index (χ2n) is 6.35. The summed E-state index contributed by atoms with van der Waals surface area (Å²) >= 11 is 1.65. The lowest BCUT2D eigenvalue weighted by atomic mass is 10.2. The summed E-state index contributed by atoms with van der Waals surface area (Å²) in [7, 11) is 4.78. The first-order chi connectivity index (χ1) is 12.0. The topological polar surface area (TPSA) is 69.4 Å². The number of hydrogen-bond acceptors (Lipinski definition) is 6. The lowest BCUT2D eigenvalue weighted by molar-refractivity contribution is 0.183. The average Bonchev–Trinajstić information content (AvgIpc) is 3.12. The number of thioether (sulfide) groups is 1. The molecule has 136 valence electrons. The van der Waals surface area contributed by atoms with E-state index in [0.717, 1.165) is 40.4 Å². The van der Waals surface area contributed by atoms with Gasteiger partial charge >= 0.3 is 5.69 Å². The number of fused-ring (bicyclic) bond motifs is 1. The molecule has 2 aromatic rings. The second-order valence-corrected chi connectivity index (χ2v) is 7.45. The fourth-order valence-corrected chi connectivity index (χ4v) is 4.42. The summed E-state index contributed by atoms with van der Waals surface area (Å²) in [5, 5.41) is 0.505. The smallest absolute Gasteiger partial charge is 0.332 e. The minimum atomic E-state index is -0.363. The van der Waals surface area contributed by atoms with Crippen LogP contribution in [0.1, 0.15) is 18.4 Å². The highest BCUT2D eigenvalue weighted by Gasteiger charge is 2.18. The third-order valence-electron chi connectivity index (χ3n) is 4.65. The second kappa shape index (κ2) is 7.72. The van der Waals surface area contributed by atoms with Crippen LogP contribution in [0.3, 0.4) is 0 Å². The predicted molar refractivity (Wildman–Crippen MR) is 99.3 cm³/mol. The van der Waals surface area contributed by atoms with Gasteiger partial charge < -0.3 is 9.64 Å². The van der Waals surface area contributed by atoms with Crippen molar-refractivity contribution in [3.05, 3.63) is 32.6 Å². The molecular formula is C17H24N4O3S. The van der Waals surface area contributed by atoms with E-state index in [4.69, 9.17) is 4.74 Å². The highest BCUT2D eigenvalue weighted by atomic mass is 32.2. The van der Waals surface area contributed by atoms with Crippen LogP contribution in [0.2, 0.25) is 0 Å². The van der Waals surface area contributed by atoms with Crippen LogP contribution in [0.4, 0.5) is 0 Å². The zero-order chi connectivity index (χ0) is 18.0. The van der Waals surface area contributed by atoms with Crippen LogP contribution in [0.15, 0.2) is 20.7 Å². The molecule has 0 radical (unpaired) electrons. The van der Waals surface area contributed by atoms with Gasteiger partial charge in [-0.25, -0.2) is 9.78 Å². The van der Waals surface area contributed by atoms with Crippen LogP contribution in [0, 0.1) is 0 Å². The Morgan fingerprint density at radius 3 is 2.60 bits per heavy atom. The Morgan fingerprint density at radius 1 is 1.20 bits per heavy atom. The molecule has 1 fully saturated rings. The van der Waals surface area contributed by atoms with Crippen molar-refractivity contribution in [3.63, 3.8) is 0 Å². The molecule has 7 nitrogen and oxygen atoms in total. The summed E-state index contributed by atoms with van der Waals surface area (Å²) < 4.78 is 7.85. The van der Waals surface area contributed by atoms with Crippen molar-refractivity contribution < 1.29 is 4.74 Å². The quantitative estimate of drug-likeness (QED) is 0.712. The van der Waals surface area contributed by atoms with Gasteiger partial charge in [0.25, 0.3) is 5.56 Å². The van der Waals surface area contributed by atoms with Gasteiger partial charge in [0.15, 0.2) is 0 Å².